The summed E-state index contributed by atoms with van der Waals surface area (Å²) in [5.74, 6) is -2.09. The van der Waals surface area contributed by atoms with Gasteiger partial charge in [0.25, 0.3) is 6.43 Å². The van der Waals surface area contributed by atoms with Gasteiger partial charge in [-0.3, -0.25) is 4.79 Å². The van der Waals surface area contributed by atoms with Crippen LogP contribution >= 0.6 is 0 Å². The lowest BCUT2D eigenvalue weighted by Gasteiger charge is -2.03. The quantitative estimate of drug-likeness (QED) is 0.723. The highest BCUT2D eigenvalue weighted by Crippen LogP contribution is 2.26. The van der Waals surface area contributed by atoms with E-state index < -0.39 is 29.4 Å². The second-order valence-corrected chi connectivity index (χ2v) is 2.18. The molecule has 0 aliphatic carbocycles. The molecule has 0 fully saturated rings. The first-order valence-electron chi connectivity index (χ1n) is 3.19. The van der Waals surface area contributed by atoms with Crippen molar-refractivity contribution in [2.45, 2.75) is 6.43 Å². The zero-order chi connectivity index (χ0) is 10.0. The van der Waals surface area contributed by atoms with Crippen LogP contribution in [0.2, 0.25) is 0 Å². The molecule has 3 nitrogen and oxygen atoms in total. The molecule has 0 aliphatic heterocycles. The molecule has 13 heavy (non-hydrogen) atoms. The number of hydrogen-bond donors (Lipinski definition) is 1. The number of carbonyl (C=O) groups excluding carboxylic acids is 1. The number of aldehydes is 1. The summed E-state index contributed by atoms with van der Waals surface area (Å²) in [6.07, 6.45) is -3.04. The Kier molecular flexibility index (Phi) is 2.50. The van der Waals surface area contributed by atoms with Gasteiger partial charge in [0.2, 0.25) is 0 Å². The second kappa shape index (κ2) is 3.42. The molecule has 1 heterocycles. The fourth-order valence-electron chi connectivity index (χ4n) is 0.752. The number of halogens is 3. The number of carbonyl (C=O) groups is 1. The summed E-state index contributed by atoms with van der Waals surface area (Å²) in [6, 6.07) is 0.429. The van der Waals surface area contributed by atoms with Crippen molar-refractivity contribution >= 4 is 6.29 Å². The zero-order valence-electron chi connectivity index (χ0n) is 6.17. The molecule has 0 spiro atoms. The topological polar surface area (TPSA) is 50.2 Å². The molecule has 70 valence electrons. The molecule has 0 bridgehead atoms. The Bertz CT molecular complexity index is 341. The van der Waals surface area contributed by atoms with E-state index >= 15 is 0 Å². The molecule has 0 aliphatic rings. The summed E-state index contributed by atoms with van der Waals surface area (Å²) in [7, 11) is 0. The minimum absolute atomic E-state index is 0.000648. The lowest BCUT2D eigenvalue weighted by atomic mass is 10.3. The van der Waals surface area contributed by atoms with Crippen LogP contribution in [0.3, 0.4) is 0 Å². The van der Waals surface area contributed by atoms with E-state index in [-0.39, 0.29) is 6.29 Å². The fraction of sp³-hybridized carbons (Fsp3) is 0.143. The highest BCUT2D eigenvalue weighted by Gasteiger charge is 2.18. The van der Waals surface area contributed by atoms with E-state index in [1.807, 2.05) is 0 Å². The predicted molar refractivity (Wildman–Crippen MR) is 36.2 cm³/mol. The maximum absolute atomic E-state index is 12.6. The van der Waals surface area contributed by atoms with Crippen LogP contribution < -0.4 is 0 Å². The molecule has 1 aromatic heterocycles. The van der Waals surface area contributed by atoms with Crippen molar-refractivity contribution in [3.05, 3.63) is 23.3 Å². The van der Waals surface area contributed by atoms with Gasteiger partial charge in [0.15, 0.2) is 12.1 Å². The van der Waals surface area contributed by atoms with Crippen molar-refractivity contribution in [3.63, 3.8) is 0 Å². The maximum atomic E-state index is 12.6. The van der Waals surface area contributed by atoms with Gasteiger partial charge in [-0.2, -0.15) is 0 Å². The largest absolute Gasteiger partial charge is 0.506 e. The summed E-state index contributed by atoms with van der Waals surface area (Å²) in [5.41, 5.74) is -1.74. The van der Waals surface area contributed by atoms with E-state index in [1.54, 1.807) is 0 Å². The molecular weight excluding hydrogens is 187 g/mol. The summed E-state index contributed by atoms with van der Waals surface area (Å²) >= 11 is 0. The molecule has 1 rings (SSSR count). The average molecular weight is 191 g/mol. The van der Waals surface area contributed by atoms with Crippen LogP contribution in [0.25, 0.3) is 0 Å². The Labute approximate surface area is 70.8 Å². The average Bonchev–Trinajstić information content (AvgIpc) is 2.03. The molecule has 0 unspecified atom stereocenters. The molecular formula is C7H4F3NO2. The molecule has 0 radical (unpaired) electrons. The molecule has 0 atom stereocenters. The van der Waals surface area contributed by atoms with Crippen molar-refractivity contribution in [2.24, 2.45) is 0 Å². The summed E-state index contributed by atoms with van der Waals surface area (Å²) in [5, 5.41) is 8.78. The Hall–Kier alpha value is -1.59. The van der Waals surface area contributed by atoms with Crippen LogP contribution in [0.5, 0.6) is 5.75 Å². The molecule has 0 amide bonds. The van der Waals surface area contributed by atoms with Gasteiger partial charge in [0.1, 0.15) is 17.1 Å². The van der Waals surface area contributed by atoms with Crippen molar-refractivity contribution < 1.29 is 23.1 Å². The van der Waals surface area contributed by atoms with Crippen molar-refractivity contribution in [2.75, 3.05) is 0 Å². The number of hydrogen-bond acceptors (Lipinski definition) is 3. The minimum Gasteiger partial charge on any atom is -0.506 e. The highest BCUT2D eigenvalue weighted by atomic mass is 19.3. The maximum Gasteiger partial charge on any atom is 0.284 e. The predicted octanol–water partition coefficient (Wildman–Crippen LogP) is 1.68. The third kappa shape index (κ3) is 1.77. The third-order valence-corrected chi connectivity index (χ3v) is 1.33. The molecule has 0 aromatic carbocycles. The number of aromatic hydroxyl groups is 1. The first kappa shape index (κ1) is 9.50. The van der Waals surface area contributed by atoms with Crippen LogP contribution in [-0.4, -0.2) is 16.4 Å². The highest BCUT2D eigenvalue weighted by molar-refractivity contribution is 5.72. The lowest BCUT2D eigenvalue weighted by Crippen LogP contribution is -1.99. The first-order chi connectivity index (χ1) is 6.06. The van der Waals surface area contributed by atoms with E-state index in [9.17, 15) is 18.0 Å². The van der Waals surface area contributed by atoms with Gasteiger partial charge in [-0.25, -0.2) is 18.2 Å². The number of rotatable bonds is 2. The molecule has 6 heteroatoms. The van der Waals surface area contributed by atoms with Crippen molar-refractivity contribution in [3.8, 4) is 5.75 Å². The number of aromatic nitrogens is 1. The Balaban J connectivity index is 3.30. The van der Waals surface area contributed by atoms with Crippen molar-refractivity contribution in [1.29, 1.82) is 0 Å². The van der Waals surface area contributed by atoms with E-state index in [4.69, 9.17) is 5.11 Å². The lowest BCUT2D eigenvalue weighted by molar-refractivity contribution is 0.111. The Morgan fingerprint density at radius 2 is 2.15 bits per heavy atom. The Morgan fingerprint density at radius 3 is 2.62 bits per heavy atom. The molecule has 1 N–H and O–H groups in total. The minimum atomic E-state index is -3.04. The third-order valence-electron chi connectivity index (χ3n) is 1.33. The van der Waals surface area contributed by atoms with Gasteiger partial charge in [-0.05, 0) is 0 Å². The first-order valence-corrected chi connectivity index (χ1v) is 3.19. The van der Waals surface area contributed by atoms with Crippen LogP contribution in [-0.2, 0) is 0 Å². The molecule has 0 saturated heterocycles. The van der Waals surface area contributed by atoms with E-state index in [0.717, 1.165) is 0 Å². The van der Waals surface area contributed by atoms with E-state index in [1.165, 1.54) is 0 Å². The van der Waals surface area contributed by atoms with Gasteiger partial charge >= 0.3 is 0 Å². The molecule has 1 aromatic rings. The number of nitrogens with zero attached hydrogens (tertiary/aromatic N) is 1. The SMILES string of the molecule is O=Cc1nc(C(F)F)c(O)cc1F. The normalized spacial score (nSPS) is 10.5. The summed E-state index contributed by atoms with van der Waals surface area (Å²) in [6.45, 7) is 0. The molecule has 0 saturated carbocycles. The van der Waals surface area contributed by atoms with E-state index in [2.05, 4.69) is 4.98 Å². The van der Waals surface area contributed by atoms with Crippen LogP contribution in [0.1, 0.15) is 22.6 Å². The smallest absolute Gasteiger partial charge is 0.284 e. The van der Waals surface area contributed by atoms with Gasteiger partial charge < -0.3 is 5.11 Å². The summed E-state index contributed by atoms with van der Waals surface area (Å²) < 4.78 is 36.6. The summed E-state index contributed by atoms with van der Waals surface area (Å²) in [4.78, 5) is 13.0. The standard InChI is InChI=1S/C7H4F3NO2/c8-3-1-5(13)6(7(9)10)11-4(3)2-12/h1-2,7,13H. The van der Waals surface area contributed by atoms with Crippen LogP contribution in [0, 0.1) is 5.82 Å². The Morgan fingerprint density at radius 1 is 1.54 bits per heavy atom. The second-order valence-electron chi connectivity index (χ2n) is 2.18. The zero-order valence-corrected chi connectivity index (χ0v) is 6.17. The van der Waals surface area contributed by atoms with Gasteiger partial charge in [-0.15, -0.1) is 0 Å². The van der Waals surface area contributed by atoms with Crippen molar-refractivity contribution in [1.82, 2.24) is 4.98 Å². The number of pyridine rings is 1. The van der Waals surface area contributed by atoms with Crippen LogP contribution in [0.4, 0.5) is 13.2 Å². The number of alkyl halides is 2. The van der Waals surface area contributed by atoms with Gasteiger partial charge in [-0.1, -0.05) is 0 Å². The fourth-order valence-corrected chi connectivity index (χ4v) is 0.752. The van der Waals surface area contributed by atoms with Gasteiger partial charge in [0.05, 0.1) is 0 Å². The van der Waals surface area contributed by atoms with E-state index in [0.29, 0.717) is 6.07 Å². The van der Waals surface area contributed by atoms with Gasteiger partial charge in [0, 0.05) is 6.07 Å². The monoisotopic (exact) mass is 191 g/mol. The van der Waals surface area contributed by atoms with Crippen LogP contribution in [0.15, 0.2) is 6.07 Å².